The number of rotatable bonds is 6. The molecule has 1 aromatic heterocycles. The number of ketones is 1. The first-order valence-electron chi connectivity index (χ1n) is 10.8. The molecule has 0 aliphatic carbocycles. The number of para-hydroxylation sites is 2. The van der Waals surface area contributed by atoms with Gasteiger partial charge in [-0.1, -0.05) is 42.5 Å². The summed E-state index contributed by atoms with van der Waals surface area (Å²) in [6, 6.07) is 20.2. The lowest BCUT2D eigenvalue weighted by Crippen LogP contribution is -2.35. The van der Waals surface area contributed by atoms with E-state index >= 15 is 0 Å². The summed E-state index contributed by atoms with van der Waals surface area (Å²) in [5, 5.41) is 0.747. The van der Waals surface area contributed by atoms with E-state index in [1.54, 1.807) is 18.3 Å². The summed E-state index contributed by atoms with van der Waals surface area (Å²) in [6.45, 7) is 1.40. The minimum absolute atomic E-state index is 0.00606. The highest BCUT2D eigenvalue weighted by Gasteiger charge is 2.36. The monoisotopic (exact) mass is 474 g/mol. The molecule has 172 valence electrons. The average Bonchev–Trinajstić information content (AvgIpc) is 3.43. The summed E-state index contributed by atoms with van der Waals surface area (Å²) in [4.78, 5) is 28.3. The number of benzene rings is 3. The highest BCUT2D eigenvalue weighted by molar-refractivity contribution is 7.92. The first-order valence-corrected chi connectivity index (χ1v) is 12.3. The number of anilines is 1. The van der Waals surface area contributed by atoms with Crippen LogP contribution in [-0.4, -0.2) is 37.8 Å². The highest BCUT2D eigenvalue weighted by Crippen LogP contribution is 2.36. The van der Waals surface area contributed by atoms with Crippen molar-refractivity contribution in [1.29, 1.82) is 0 Å². The number of hydrogen-bond acceptors (Lipinski definition) is 5. The van der Waals surface area contributed by atoms with Crippen LogP contribution in [0, 0.1) is 0 Å². The molecule has 2 heterocycles. The van der Waals surface area contributed by atoms with E-state index in [1.807, 2.05) is 43.3 Å². The van der Waals surface area contributed by atoms with Gasteiger partial charge in [-0.25, -0.2) is 13.2 Å². The third kappa shape index (κ3) is 3.76. The second-order valence-corrected chi connectivity index (χ2v) is 10.1. The van der Waals surface area contributed by atoms with Crippen molar-refractivity contribution < 1.29 is 22.7 Å². The number of nitrogens with one attached hydrogen (secondary N) is 1. The number of carbonyl (C=O) groups excluding carboxylic acids is 2. The maximum Gasteiger partial charge on any atom is 0.338 e. The maximum absolute atomic E-state index is 13.4. The van der Waals surface area contributed by atoms with Crippen LogP contribution in [-0.2, 0) is 21.2 Å². The Morgan fingerprint density at radius 3 is 2.65 bits per heavy atom. The van der Waals surface area contributed by atoms with E-state index in [1.165, 1.54) is 28.6 Å². The van der Waals surface area contributed by atoms with E-state index in [0.29, 0.717) is 17.7 Å². The highest BCUT2D eigenvalue weighted by atomic mass is 32.2. The molecule has 1 atom stereocenters. The number of aromatic nitrogens is 1. The number of fused-ring (bicyclic) bond motifs is 2. The van der Waals surface area contributed by atoms with E-state index in [2.05, 4.69) is 4.98 Å². The number of H-pyrrole nitrogens is 1. The zero-order valence-electron chi connectivity index (χ0n) is 18.4. The predicted octanol–water partition coefficient (Wildman–Crippen LogP) is 4.35. The van der Waals surface area contributed by atoms with Crippen molar-refractivity contribution in [2.24, 2.45) is 0 Å². The fourth-order valence-electron chi connectivity index (χ4n) is 4.39. The van der Waals surface area contributed by atoms with Gasteiger partial charge in [-0.05, 0) is 49.2 Å². The third-order valence-electron chi connectivity index (χ3n) is 6.00. The Bertz CT molecular complexity index is 1520. The summed E-state index contributed by atoms with van der Waals surface area (Å²) in [7, 11) is -3.89. The number of esters is 1. The van der Waals surface area contributed by atoms with Crippen molar-refractivity contribution in [1.82, 2.24) is 4.98 Å². The van der Waals surface area contributed by atoms with Crippen LogP contribution in [0.15, 0.2) is 83.9 Å². The topological polar surface area (TPSA) is 96.5 Å². The molecule has 0 saturated heterocycles. The summed E-state index contributed by atoms with van der Waals surface area (Å²) < 4.78 is 33.5. The molecule has 3 aromatic carbocycles. The van der Waals surface area contributed by atoms with Crippen molar-refractivity contribution in [3.63, 3.8) is 0 Å². The molecule has 5 rings (SSSR count). The lowest BCUT2D eigenvalue weighted by Gasteiger charge is -2.24. The molecule has 0 unspecified atom stereocenters. The number of carbonyl (C=O) groups is 2. The third-order valence-corrected chi connectivity index (χ3v) is 7.92. The van der Waals surface area contributed by atoms with Crippen molar-refractivity contribution >= 4 is 38.4 Å². The first-order chi connectivity index (χ1) is 16.4. The van der Waals surface area contributed by atoms with Crippen molar-refractivity contribution in [3.8, 4) is 0 Å². The van der Waals surface area contributed by atoms with Crippen LogP contribution in [0.3, 0.4) is 0 Å². The Balaban J connectivity index is 1.35. The normalized spacial score (nSPS) is 15.3. The van der Waals surface area contributed by atoms with Gasteiger partial charge in [-0.2, -0.15) is 0 Å². The molecule has 1 aliphatic heterocycles. The van der Waals surface area contributed by atoms with Crippen LogP contribution in [0.2, 0.25) is 0 Å². The Morgan fingerprint density at radius 1 is 1.03 bits per heavy atom. The summed E-state index contributed by atoms with van der Waals surface area (Å²) in [6.07, 6.45) is 2.20. The molecule has 0 amide bonds. The van der Waals surface area contributed by atoms with Crippen molar-refractivity contribution in [2.45, 2.75) is 24.3 Å². The SMILES string of the molecule is C[C@@H]1Cc2ccccc2N1S(=O)(=O)c1cccc(C(=O)OCC(=O)c2c[nH]c3ccccc23)c1. The number of aromatic amines is 1. The molecule has 0 saturated carbocycles. The van der Waals surface area contributed by atoms with Gasteiger partial charge in [0.2, 0.25) is 5.78 Å². The lowest BCUT2D eigenvalue weighted by molar-refractivity contribution is 0.0475. The van der Waals surface area contributed by atoms with Gasteiger partial charge in [-0.15, -0.1) is 0 Å². The number of hydrogen-bond donors (Lipinski definition) is 1. The molecule has 0 fully saturated rings. The van der Waals surface area contributed by atoms with Gasteiger partial charge >= 0.3 is 5.97 Å². The zero-order valence-corrected chi connectivity index (χ0v) is 19.2. The molecule has 0 radical (unpaired) electrons. The standard InChI is InChI=1S/C26H22N2O5S/c1-17-13-18-7-2-5-12-24(18)28(17)34(31,32)20-9-6-8-19(14-20)26(30)33-16-25(29)22-15-27-23-11-4-3-10-21(22)23/h2-12,14-15,17,27H,13,16H2,1H3/t17-/m1/s1. The minimum atomic E-state index is -3.89. The number of Topliss-reactive ketones (excluding diaryl/α,β-unsaturated/α-hetero) is 1. The van der Waals surface area contributed by atoms with E-state index < -0.39 is 22.6 Å². The minimum Gasteiger partial charge on any atom is -0.454 e. The van der Waals surface area contributed by atoms with Crippen LogP contribution < -0.4 is 4.31 Å². The van der Waals surface area contributed by atoms with Crippen LogP contribution in [0.4, 0.5) is 5.69 Å². The smallest absolute Gasteiger partial charge is 0.338 e. The molecule has 7 nitrogen and oxygen atoms in total. The van der Waals surface area contributed by atoms with Gasteiger partial charge in [0.25, 0.3) is 10.0 Å². The Morgan fingerprint density at radius 2 is 1.79 bits per heavy atom. The molecule has 34 heavy (non-hydrogen) atoms. The predicted molar refractivity (Wildman–Crippen MR) is 129 cm³/mol. The van der Waals surface area contributed by atoms with Gasteiger partial charge in [0.05, 0.1) is 16.1 Å². The maximum atomic E-state index is 13.4. The van der Waals surface area contributed by atoms with E-state index in [4.69, 9.17) is 4.74 Å². The van der Waals surface area contributed by atoms with Crippen molar-refractivity contribution in [3.05, 3.63) is 95.7 Å². The second kappa shape index (κ2) is 8.46. The molecule has 0 bridgehead atoms. The van der Waals surface area contributed by atoms with Gasteiger partial charge < -0.3 is 9.72 Å². The van der Waals surface area contributed by atoms with E-state index in [-0.39, 0.29) is 22.3 Å². The fraction of sp³-hybridized carbons (Fsp3) is 0.154. The van der Waals surface area contributed by atoms with Gasteiger partial charge in [0.1, 0.15) is 0 Å². The zero-order chi connectivity index (χ0) is 23.9. The van der Waals surface area contributed by atoms with Crippen LogP contribution >= 0.6 is 0 Å². The Kier molecular flexibility index (Phi) is 5.45. The molecular formula is C26H22N2O5S. The van der Waals surface area contributed by atoms with Crippen LogP contribution in [0.5, 0.6) is 0 Å². The largest absolute Gasteiger partial charge is 0.454 e. The average molecular weight is 475 g/mol. The lowest BCUT2D eigenvalue weighted by atomic mass is 10.1. The van der Waals surface area contributed by atoms with Crippen LogP contribution in [0.25, 0.3) is 10.9 Å². The van der Waals surface area contributed by atoms with Gasteiger partial charge in [0, 0.05) is 28.7 Å². The summed E-state index contributed by atoms with van der Waals surface area (Å²) >= 11 is 0. The number of nitrogens with zero attached hydrogens (tertiary/aromatic N) is 1. The first kappa shape index (κ1) is 21.9. The second-order valence-electron chi connectivity index (χ2n) is 8.26. The van der Waals surface area contributed by atoms with Gasteiger partial charge in [-0.3, -0.25) is 9.10 Å². The Hall–Kier alpha value is -3.91. The summed E-state index contributed by atoms with van der Waals surface area (Å²) in [5.41, 5.74) is 2.92. The van der Waals surface area contributed by atoms with Crippen LogP contribution in [0.1, 0.15) is 33.2 Å². The molecule has 4 aromatic rings. The number of sulfonamides is 1. The van der Waals surface area contributed by atoms with Crippen molar-refractivity contribution in [2.75, 3.05) is 10.9 Å². The van der Waals surface area contributed by atoms with E-state index in [0.717, 1.165) is 16.5 Å². The molecule has 0 spiro atoms. The quantitative estimate of drug-likeness (QED) is 0.331. The van der Waals surface area contributed by atoms with Gasteiger partial charge in [0.15, 0.2) is 6.61 Å². The molecule has 1 aliphatic rings. The summed E-state index contributed by atoms with van der Waals surface area (Å²) in [5.74, 6) is -1.11. The van der Waals surface area contributed by atoms with E-state index in [9.17, 15) is 18.0 Å². The fourth-order valence-corrected chi connectivity index (χ4v) is 6.13. The number of ether oxygens (including phenoxy) is 1. The molecule has 1 N–H and O–H groups in total. The molecular weight excluding hydrogens is 452 g/mol. The Labute approximate surface area is 197 Å². The molecule has 8 heteroatoms.